The molecular weight excluding hydrogens is 150 g/mol. The summed E-state index contributed by atoms with van der Waals surface area (Å²) in [7, 11) is 0. The number of amidine groups is 1. The third kappa shape index (κ3) is 1.12. The first-order valence-electron chi connectivity index (χ1n) is 4.67. The van der Waals surface area contributed by atoms with Crippen LogP contribution in [0.5, 0.6) is 0 Å². The highest BCUT2D eigenvalue weighted by molar-refractivity contribution is 5.84. The van der Waals surface area contributed by atoms with Gasteiger partial charge >= 0.3 is 0 Å². The minimum absolute atomic E-state index is 0.00171. The standard InChI is InChI=1S/C9H17N3/c1-9(2)6-12-5-3-4-7(12)11-8(9)10/h8H,3-6,10H2,1-2H3. The van der Waals surface area contributed by atoms with Gasteiger partial charge in [-0.15, -0.1) is 0 Å². The molecule has 0 aliphatic carbocycles. The molecule has 2 aliphatic heterocycles. The third-order valence-electron chi connectivity index (χ3n) is 2.88. The van der Waals surface area contributed by atoms with Crippen LogP contribution in [0.25, 0.3) is 0 Å². The first kappa shape index (κ1) is 8.05. The normalized spacial score (nSPS) is 33.1. The van der Waals surface area contributed by atoms with Gasteiger partial charge in [0.05, 0.1) is 0 Å². The predicted molar refractivity (Wildman–Crippen MR) is 50.0 cm³/mol. The summed E-state index contributed by atoms with van der Waals surface area (Å²) in [4.78, 5) is 6.90. The molecule has 0 radical (unpaired) electrons. The lowest BCUT2D eigenvalue weighted by Crippen LogP contribution is -2.50. The van der Waals surface area contributed by atoms with Gasteiger partial charge < -0.3 is 10.6 Å². The first-order chi connectivity index (χ1) is 5.59. The number of fused-ring (bicyclic) bond motifs is 1. The van der Waals surface area contributed by atoms with Crippen LogP contribution in [-0.4, -0.2) is 30.0 Å². The molecule has 3 nitrogen and oxygen atoms in total. The lowest BCUT2D eigenvalue weighted by Gasteiger charge is -2.39. The molecule has 1 fully saturated rings. The zero-order chi connectivity index (χ0) is 8.77. The van der Waals surface area contributed by atoms with Crippen molar-refractivity contribution in [3.63, 3.8) is 0 Å². The van der Waals surface area contributed by atoms with Gasteiger partial charge in [-0.25, -0.2) is 0 Å². The molecule has 0 aromatic rings. The zero-order valence-corrected chi connectivity index (χ0v) is 7.88. The lowest BCUT2D eigenvalue weighted by atomic mass is 9.88. The smallest absolute Gasteiger partial charge is 0.106 e. The van der Waals surface area contributed by atoms with E-state index in [9.17, 15) is 0 Å². The number of hydrogen-bond donors (Lipinski definition) is 1. The molecule has 1 saturated heterocycles. The predicted octanol–water partition coefficient (Wildman–Crippen LogP) is 0.805. The summed E-state index contributed by atoms with van der Waals surface area (Å²) in [5.41, 5.74) is 6.10. The van der Waals surface area contributed by atoms with Crippen LogP contribution in [0, 0.1) is 5.41 Å². The van der Waals surface area contributed by atoms with Gasteiger partial charge in [0.15, 0.2) is 0 Å². The van der Waals surface area contributed by atoms with Gasteiger partial charge in [-0.3, -0.25) is 4.99 Å². The van der Waals surface area contributed by atoms with E-state index in [1.54, 1.807) is 0 Å². The molecule has 2 N–H and O–H groups in total. The quantitative estimate of drug-likeness (QED) is 0.580. The third-order valence-corrected chi connectivity index (χ3v) is 2.88. The minimum Gasteiger partial charge on any atom is -0.360 e. The van der Waals surface area contributed by atoms with Crippen molar-refractivity contribution in [1.82, 2.24) is 4.90 Å². The van der Waals surface area contributed by atoms with E-state index >= 15 is 0 Å². The molecule has 0 aromatic carbocycles. The van der Waals surface area contributed by atoms with Crippen LogP contribution < -0.4 is 5.73 Å². The number of nitrogens with zero attached hydrogens (tertiary/aromatic N) is 2. The Morgan fingerprint density at radius 3 is 3.08 bits per heavy atom. The summed E-state index contributed by atoms with van der Waals surface area (Å²) in [6, 6.07) is 0. The maximum absolute atomic E-state index is 5.95. The van der Waals surface area contributed by atoms with Gasteiger partial charge in [-0.1, -0.05) is 13.8 Å². The van der Waals surface area contributed by atoms with Gasteiger partial charge in [0.1, 0.15) is 12.0 Å². The molecule has 0 aromatic heterocycles. The molecule has 0 saturated carbocycles. The van der Waals surface area contributed by atoms with Crippen molar-refractivity contribution in [2.45, 2.75) is 32.9 Å². The summed E-state index contributed by atoms with van der Waals surface area (Å²) in [6.07, 6.45) is 2.38. The monoisotopic (exact) mass is 167 g/mol. The number of hydrogen-bond acceptors (Lipinski definition) is 3. The van der Waals surface area contributed by atoms with Crippen LogP contribution in [0.4, 0.5) is 0 Å². The van der Waals surface area contributed by atoms with Gasteiger partial charge in [0, 0.05) is 24.9 Å². The van der Waals surface area contributed by atoms with Crippen molar-refractivity contribution in [2.75, 3.05) is 13.1 Å². The molecule has 2 aliphatic rings. The molecule has 0 bridgehead atoms. The number of nitrogens with two attached hydrogens (primary N) is 1. The second kappa shape index (κ2) is 2.46. The summed E-state index contributed by atoms with van der Waals surface area (Å²) >= 11 is 0. The summed E-state index contributed by atoms with van der Waals surface area (Å²) in [5.74, 6) is 1.24. The average molecular weight is 167 g/mol. The molecule has 2 rings (SSSR count). The van der Waals surface area contributed by atoms with Gasteiger partial charge in [-0.05, 0) is 6.42 Å². The van der Waals surface area contributed by atoms with E-state index in [-0.39, 0.29) is 11.6 Å². The fraction of sp³-hybridized carbons (Fsp3) is 0.889. The van der Waals surface area contributed by atoms with Crippen molar-refractivity contribution < 1.29 is 0 Å². The Labute approximate surface area is 73.6 Å². The molecule has 1 atom stereocenters. The van der Waals surface area contributed by atoms with Gasteiger partial charge in [0.2, 0.25) is 0 Å². The Morgan fingerprint density at radius 2 is 2.33 bits per heavy atom. The van der Waals surface area contributed by atoms with Crippen LogP contribution >= 0.6 is 0 Å². The summed E-state index contributed by atoms with van der Waals surface area (Å²) in [6.45, 7) is 6.63. The van der Waals surface area contributed by atoms with Crippen molar-refractivity contribution in [2.24, 2.45) is 16.1 Å². The van der Waals surface area contributed by atoms with Crippen LogP contribution in [0.1, 0.15) is 26.7 Å². The highest BCUT2D eigenvalue weighted by Gasteiger charge is 2.36. The molecule has 2 heterocycles. The lowest BCUT2D eigenvalue weighted by molar-refractivity contribution is 0.199. The Hall–Kier alpha value is -0.570. The highest BCUT2D eigenvalue weighted by atomic mass is 15.3. The SMILES string of the molecule is CC1(C)CN2CCCC2=NC1N. The molecular formula is C9H17N3. The fourth-order valence-corrected chi connectivity index (χ4v) is 1.95. The van der Waals surface area contributed by atoms with Crippen LogP contribution in [0.3, 0.4) is 0 Å². The second-order valence-electron chi connectivity index (χ2n) is 4.50. The van der Waals surface area contributed by atoms with E-state index in [4.69, 9.17) is 5.73 Å². The van der Waals surface area contributed by atoms with E-state index in [2.05, 4.69) is 23.7 Å². The van der Waals surface area contributed by atoms with Crippen LogP contribution in [-0.2, 0) is 0 Å². The maximum Gasteiger partial charge on any atom is 0.106 e. The summed E-state index contributed by atoms with van der Waals surface area (Å²) < 4.78 is 0. The van der Waals surface area contributed by atoms with Crippen LogP contribution in [0.15, 0.2) is 4.99 Å². The Kier molecular flexibility index (Phi) is 1.65. The highest BCUT2D eigenvalue weighted by Crippen LogP contribution is 2.29. The van der Waals surface area contributed by atoms with E-state index < -0.39 is 0 Å². The first-order valence-corrected chi connectivity index (χ1v) is 4.67. The molecule has 0 amide bonds. The number of aliphatic imine (C=N–C) groups is 1. The van der Waals surface area contributed by atoms with Crippen molar-refractivity contribution >= 4 is 5.84 Å². The van der Waals surface area contributed by atoms with E-state index in [0.29, 0.717) is 0 Å². The fourth-order valence-electron chi connectivity index (χ4n) is 1.95. The topological polar surface area (TPSA) is 41.6 Å². The Morgan fingerprint density at radius 1 is 1.58 bits per heavy atom. The molecule has 3 heteroatoms. The van der Waals surface area contributed by atoms with Crippen molar-refractivity contribution in [3.05, 3.63) is 0 Å². The van der Waals surface area contributed by atoms with E-state index in [0.717, 1.165) is 13.0 Å². The van der Waals surface area contributed by atoms with E-state index in [1.807, 2.05) is 0 Å². The molecule has 12 heavy (non-hydrogen) atoms. The van der Waals surface area contributed by atoms with Crippen LogP contribution in [0.2, 0.25) is 0 Å². The van der Waals surface area contributed by atoms with Gasteiger partial charge in [0.25, 0.3) is 0 Å². The molecule has 0 spiro atoms. The van der Waals surface area contributed by atoms with E-state index in [1.165, 1.54) is 18.8 Å². The second-order valence-corrected chi connectivity index (χ2v) is 4.50. The Balaban J connectivity index is 2.24. The average Bonchev–Trinajstić information content (AvgIpc) is 2.35. The number of rotatable bonds is 0. The minimum atomic E-state index is 0.00171. The zero-order valence-electron chi connectivity index (χ0n) is 7.88. The van der Waals surface area contributed by atoms with Crippen molar-refractivity contribution in [3.8, 4) is 0 Å². The summed E-state index contributed by atoms with van der Waals surface area (Å²) in [5, 5.41) is 0. The largest absolute Gasteiger partial charge is 0.360 e. The molecule has 1 unspecified atom stereocenters. The van der Waals surface area contributed by atoms with Crippen molar-refractivity contribution in [1.29, 1.82) is 0 Å². The molecule has 68 valence electrons. The maximum atomic E-state index is 5.95. The Bertz CT molecular complexity index is 220. The van der Waals surface area contributed by atoms with Gasteiger partial charge in [-0.2, -0.15) is 0 Å².